The summed E-state index contributed by atoms with van der Waals surface area (Å²) in [5.74, 6) is 3.33. The van der Waals surface area contributed by atoms with Gasteiger partial charge in [-0.15, -0.1) is 0 Å². The normalized spacial score (nSPS) is 19.8. The van der Waals surface area contributed by atoms with Crippen LogP contribution in [0.5, 0.6) is 0 Å². The first kappa shape index (κ1) is 30.6. The van der Waals surface area contributed by atoms with Crippen molar-refractivity contribution in [3.8, 4) is 56.0 Å². The SMILES string of the molecule is CC1(C)c2ccc(-c3cccc(-c4cccc(-c5nc(-c6ccccc6)cc(C6C7C=CC=CC76)n5)c4)c3)cc2-c2ccc3c4c(oc3c21)CCC=C4. The summed E-state index contributed by atoms with van der Waals surface area (Å²) in [6.45, 7) is 4.69. The average molecular weight is 683 g/mol. The molecule has 1 saturated carbocycles. The van der Waals surface area contributed by atoms with E-state index in [1.807, 2.05) is 0 Å². The molecule has 4 aliphatic rings. The molecule has 2 unspecified atom stereocenters. The second-order valence-electron chi connectivity index (χ2n) is 15.6. The Morgan fingerprint density at radius 3 is 2.11 bits per heavy atom. The standard InChI is InChI=1S/C50H38N2O/c1-50(2)42-25-22-34(28-41(42)39-23-24-40-36-18-8-9-21-45(36)53-48(40)47(39)50)32-15-10-14-31(26-32)33-16-11-17-35(27-33)49-51-43(30-12-4-3-5-13-30)29-44(52-49)46-37-19-6-7-20-38(37)46/h3-8,10-20,22-29,37-38,46H,9,21H2,1-2H3. The van der Waals surface area contributed by atoms with E-state index in [-0.39, 0.29) is 5.41 Å². The number of hydrogen-bond donors (Lipinski definition) is 0. The van der Waals surface area contributed by atoms with Gasteiger partial charge in [0.2, 0.25) is 0 Å². The summed E-state index contributed by atoms with van der Waals surface area (Å²) in [7, 11) is 0. The van der Waals surface area contributed by atoms with Crippen LogP contribution in [0.4, 0.5) is 0 Å². The number of nitrogens with zero attached hydrogens (tertiary/aromatic N) is 2. The maximum absolute atomic E-state index is 6.63. The van der Waals surface area contributed by atoms with Crippen LogP contribution in [0.15, 0.2) is 150 Å². The number of aryl methyl sites for hydroxylation is 1. The molecule has 2 heterocycles. The van der Waals surface area contributed by atoms with E-state index in [2.05, 4.69) is 166 Å². The van der Waals surface area contributed by atoms with Crippen LogP contribution >= 0.6 is 0 Å². The summed E-state index contributed by atoms with van der Waals surface area (Å²) in [5, 5.41) is 1.24. The maximum Gasteiger partial charge on any atom is 0.160 e. The van der Waals surface area contributed by atoms with Crippen molar-refractivity contribution in [2.75, 3.05) is 0 Å². The molecule has 7 aromatic rings. The molecule has 0 radical (unpaired) electrons. The Bertz CT molecular complexity index is 2710. The third kappa shape index (κ3) is 4.80. The lowest BCUT2D eigenvalue weighted by atomic mass is 9.81. The van der Waals surface area contributed by atoms with Crippen LogP contribution in [0, 0.1) is 11.8 Å². The van der Waals surface area contributed by atoms with E-state index < -0.39 is 0 Å². The summed E-state index contributed by atoms with van der Waals surface area (Å²) in [4.78, 5) is 10.4. The number of allylic oxidation sites excluding steroid dienone is 5. The molecule has 11 rings (SSSR count). The minimum absolute atomic E-state index is 0.153. The number of aromatic nitrogens is 2. The van der Waals surface area contributed by atoms with E-state index in [0.29, 0.717) is 17.8 Å². The number of furan rings is 1. The second kappa shape index (κ2) is 11.5. The largest absolute Gasteiger partial charge is 0.460 e. The predicted octanol–water partition coefficient (Wildman–Crippen LogP) is 12.6. The molecule has 4 aliphatic carbocycles. The molecule has 3 nitrogen and oxygen atoms in total. The molecule has 3 heteroatoms. The predicted molar refractivity (Wildman–Crippen MR) is 216 cm³/mol. The van der Waals surface area contributed by atoms with Crippen LogP contribution in [0.3, 0.4) is 0 Å². The lowest BCUT2D eigenvalue weighted by Crippen LogP contribution is -2.15. The quantitative estimate of drug-likeness (QED) is 0.181. The van der Waals surface area contributed by atoms with Gasteiger partial charge in [-0.2, -0.15) is 0 Å². The highest BCUT2D eigenvalue weighted by Gasteiger charge is 2.49. The zero-order valence-electron chi connectivity index (χ0n) is 29.9. The Kier molecular flexibility index (Phi) is 6.61. The Hall–Kier alpha value is -6.06. The molecule has 2 atom stereocenters. The highest BCUT2D eigenvalue weighted by atomic mass is 16.3. The van der Waals surface area contributed by atoms with Crippen molar-refractivity contribution in [2.24, 2.45) is 11.8 Å². The van der Waals surface area contributed by atoms with Crippen molar-refractivity contribution in [2.45, 2.75) is 38.0 Å². The van der Waals surface area contributed by atoms with Gasteiger partial charge in [0.15, 0.2) is 5.82 Å². The molecule has 0 spiro atoms. The molecule has 0 aliphatic heterocycles. The monoisotopic (exact) mass is 682 g/mol. The lowest BCUT2D eigenvalue weighted by molar-refractivity contribution is 0.534. The first-order valence-corrected chi connectivity index (χ1v) is 18.9. The summed E-state index contributed by atoms with van der Waals surface area (Å²) in [6.07, 6.45) is 15.5. The van der Waals surface area contributed by atoms with Gasteiger partial charge < -0.3 is 4.42 Å². The Labute approximate surface area is 310 Å². The Balaban J connectivity index is 0.964. The minimum Gasteiger partial charge on any atom is -0.460 e. The molecule has 53 heavy (non-hydrogen) atoms. The lowest BCUT2D eigenvalue weighted by Gasteiger charge is -2.21. The number of hydrogen-bond acceptors (Lipinski definition) is 3. The van der Waals surface area contributed by atoms with E-state index in [1.54, 1.807) is 0 Å². The molecule has 5 aromatic carbocycles. The van der Waals surface area contributed by atoms with E-state index in [0.717, 1.165) is 58.1 Å². The second-order valence-corrected chi connectivity index (χ2v) is 15.6. The molecule has 2 aromatic heterocycles. The van der Waals surface area contributed by atoms with Gasteiger partial charge in [-0.05, 0) is 87.5 Å². The van der Waals surface area contributed by atoms with E-state index >= 15 is 0 Å². The summed E-state index contributed by atoms with van der Waals surface area (Å²) < 4.78 is 6.63. The molecule has 0 saturated heterocycles. The van der Waals surface area contributed by atoms with Crippen molar-refractivity contribution in [1.29, 1.82) is 0 Å². The maximum atomic E-state index is 6.63. The van der Waals surface area contributed by atoms with Gasteiger partial charge in [0.25, 0.3) is 0 Å². The zero-order valence-corrected chi connectivity index (χ0v) is 29.9. The van der Waals surface area contributed by atoms with Crippen molar-refractivity contribution < 1.29 is 4.42 Å². The first-order valence-electron chi connectivity index (χ1n) is 18.9. The van der Waals surface area contributed by atoms with Crippen LogP contribution in [0.1, 0.15) is 54.3 Å². The highest BCUT2D eigenvalue weighted by molar-refractivity contribution is 5.99. The van der Waals surface area contributed by atoms with Crippen molar-refractivity contribution in [1.82, 2.24) is 9.97 Å². The van der Waals surface area contributed by atoms with Gasteiger partial charge in [0.05, 0.1) is 5.69 Å². The molecule has 0 amide bonds. The van der Waals surface area contributed by atoms with Gasteiger partial charge in [-0.25, -0.2) is 9.97 Å². The molecular formula is C50H38N2O. The van der Waals surface area contributed by atoms with Crippen LogP contribution < -0.4 is 0 Å². The van der Waals surface area contributed by atoms with Crippen molar-refractivity contribution in [3.05, 3.63) is 174 Å². The third-order valence-corrected chi connectivity index (χ3v) is 12.1. The van der Waals surface area contributed by atoms with E-state index in [9.17, 15) is 0 Å². The summed E-state index contributed by atoms with van der Waals surface area (Å²) in [5.41, 5.74) is 16.4. The minimum atomic E-state index is -0.153. The van der Waals surface area contributed by atoms with E-state index in [1.165, 1.54) is 49.9 Å². The number of fused-ring (bicyclic) bond motifs is 8. The summed E-state index contributed by atoms with van der Waals surface area (Å²) in [6, 6.07) is 41.9. The Morgan fingerprint density at radius 2 is 1.34 bits per heavy atom. The smallest absolute Gasteiger partial charge is 0.160 e. The number of rotatable bonds is 5. The molecule has 0 N–H and O–H groups in total. The molecule has 1 fully saturated rings. The van der Waals surface area contributed by atoms with Gasteiger partial charge in [-0.1, -0.05) is 135 Å². The fourth-order valence-electron chi connectivity index (χ4n) is 9.36. The average Bonchev–Trinajstić information content (AvgIpc) is 3.76. The highest BCUT2D eigenvalue weighted by Crippen LogP contribution is 2.57. The van der Waals surface area contributed by atoms with Crippen molar-refractivity contribution >= 4 is 17.0 Å². The molecule has 254 valence electrons. The van der Waals surface area contributed by atoms with E-state index in [4.69, 9.17) is 14.4 Å². The molecular weight excluding hydrogens is 645 g/mol. The van der Waals surface area contributed by atoms with Crippen LogP contribution in [-0.2, 0) is 11.8 Å². The third-order valence-electron chi connectivity index (χ3n) is 12.1. The van der Waals surface area contributed by atoms with Gasteiger partial charge >= 0.3 is 0 Å². The number of benzene rings is 5. The fourth-order valence-corrected chi connectivity index (χ4v) is 9.36. The first-order chi connectivity index (χ1) is 26.0. The summed E-state index contributed by atoms with van der Waals surface area (Å²) >= 11 is 0. The molecule has 0 bridgehead atoms. The van der Waals surface area contributed by atoms with Crippen LogP contribution in [0.25, 0.3) is 73.1 Å². The fraction of sp³-hybridized carbons (Fsp3) is 0.160. The van der Waals surface area contributed by atoms with Crippen molar-refractivity contribution in [3.63, 3.8) is 0 Å². The zero-order chi connectivity index (χ0) is 35.3. The van der Waals surface area contributed by atoms with Crippen LogP contribution in [0.2, 0.25) is 0 Å². The van der Waals surface area contributed by atoms with Crippen LogP contribution in [-0.4, -0.2) is 9.97 Å². The Morgan fingerprint density at radius 1 is 0.642 bits per heavy atom. The topological polar surface area (TPSA) is 38.9 Å². The van der Waals surface area contributed by atoms with Gasteiger partial charge in [0, 0.05) is 51.1 Å². The van der Waals surface area contributed by atoms with Gasteiger partial charge in [0.1, 0.15) is 11.3 Å². The van der Waals surface area contributed by atoms with Gasteiger partial charge in [-0.3, -0.25) is 0 Å².